The fourth-order valence-corrected chi connectivity index (χ4v) is 2.57. The third kappa shape index (κ3) is 3.10. The van der Waals surface area contributed by atoms with E-state index in [4.69, 9.17) is 0 Å². The maximum Gasteiger partial charge on any atom is 0.252 e. The van der Waals surface area contributed by atoms with Crippen LogP contribution in [0.3, 0.4) is 0 Å². The lowest BCUT2D eigenvalue weighted by Gasteiger charge is -2.12. The molecule has 0 aliphatic heterocycles. The van der Waals surface area contributed by atoms with Crippen molar-refractivity contribution in [2.45, 2.75) is 13.5 Å². The van der Waals surface area contributed by atoms with Gasteiger partial charge in [-0.25, -0.2) is 0 Å². The van der Waals surface area contributed by atoms with Crippen molar-refractivity contribution in [3.05, 3.63) is 82.3 Å². The van der Waals surface area contributed by atoms with Crippen LogP contribution in [0.4, 0.5) is 0 Å². The van der Waals surface area contributed by atoms with Crippen LogP contribution < -0.4 is 5.43 Å². The van der Waals surface area contributed by atoms with Gasteiger partial charge in [0.1, 0.15) is 0 Å². The number of hydrogen-bond donors (Lipinski definition) is 1. The van der Waals surface area contributed by atoms with E-state index in [1.54, 1.807) is 0 Å². The number of carbonyl (C=O) groups is 1. The van der Waals surface area contributed by atoms with Crippen LogP contribution in [0.25, 0.3) is 11.1 Å². The van der Waals surface area contributed by atoms with Crippen LogP contribution in [0.15, 0.2) is 65.6 Å². The van der Waals surface area contributed by atoms with Crippen molar-refractivity contribution < 1.29 is 9.90 Å². The van der Waals surface area contributed by atoms with Crippen molar-refractivity contribution in [1.29, 1.82) is 0 Å². The van der Waals surface area contributed by atoms with Crippen LogP contribution in [-0.4, -0.2) is 20.7 Å². The second kappa shape index (κ2) is 6.50. The maximum absolute atomic E-state index is 11.8. The molecular formula is C19H16N2O3. The summed E-state index contributed by atoms with van der Waals surface area (Å²) in [6.07, 6.45) is 1.25. The lowest BCUT2D eigenvalue weighted by Crippen LogP contribution is -2.21. The Morgan fingerprint density at radius 3 is 2.46 bits per heavy atom. The first kappa shape index (κ1) is 15.7. The molecule has 3 aromatic rings. The zero-order valence-electron chi connectivity index (χ0n) is 13.1. The third-order valence-corrected chi connectivity index (χ3v) is 3.72. The predicted molar refractivity (Wildman–Crippen MR) is 91.1 cm³/mol. The molecule has 120 valence electrons. The van der Waals surface area contributed by atoms with E-state index < -0.39 is 17.0 Å². The minimum absolute atomic E-state index is 0.257. The van der Waals surface area contributed by atoms with Crippen LogP contribution in [-0.2, 0) is 6.54 Å². The molecule has 2 aromatic carbocycles. The molecule has 0 unspecified atom stereocenters. The standard InChI is InChI=1S/C19H16N2O3/c1-13(22)18-19(24)17(23)12-21(20-18)11-15-9-5-6-10-16(15)14-7-3-2-4-8-14/h2-10,12,23H,11H2,1H3. The fourth-order valence-electron chi connectivity index (χ4n) is 2.57. The highest BCUT2D eigenvalue weighted by Gasteiger charge is 2.13. The van der Waals surface area contributed by atoms with E-state index in [1.807, 2.05) is 54.6 Å². The number of rotatable bonds is 4. The summed E-state index contributed by atoms with van der Waals surface area (Å²) < 4.78 is 1.41. The minimum Gasteiger partial charge on any atom is -0.503 e. The zero-order valence-corrected chi connectivity index (χ0v) is 13.1. The molecule has 0 amide bonds. The normalized spacial score (nSPS) is 10.5. The summed E-state index contributed by atoms with van der Waals surface area (Å²) >= 11 is 0. The van der Waals surface area contributed by atoms with E-state index >= 15 is 0 Å². The van der Waals surface area contributed by atoms with Crippen molar-refractivity contribution in [3.63, 3.8) is 0 Å². The SMILES string of the molecule is CC(=O)c1nn(Cc2ccccc2-c2ccccc2)cc(O)c1=O. The highest BCUT2D eigenvalue weighted by Crippen LogP contribution is 2.24. The van der Waals surface area contributed by atoms with Gasteiger partial charge < -0.3 is 5.11 Å². The van der Waals surface area contributed by atoms with Gasteiger partial charge in [0, 0.05) is 6.92 Å². The molecule has 0 spiro atoms. The minimum atomic E-state index is -0.741. The van der Waals surface area contributed by atoms with E-state index in [2.05, 4.69) is 5.10 Å². The van der Waals surface area contributed by atoms with Gasteiger partial charge in [0.15, 0.2) is 17.2 Å². The molecule has 0 saturated carbocycles. The zero-order chi connectivity index (χ0) is 17.1. The van der Waals surface area contributed by atoms with Crippen LogP contribution >= 0.6 is 0 Å². The first-order valence-electron chi connectivity index (χ1n) is 7.51. The number of nitrogens with zero attached hydrogens (tertiary/aromatic N) is 2. The van der Waals surface area contributed by atoms with E-state index in [1.165, 1.54) is 17.8 Å². The van der Waals surface area contributed by atoms with Gasteiger partial charge in [-0.05, 0) is 16.7 Å². The summed E-state index contributed by atoms with van der Waals surface area (Å²) in [6.45, 7) is 1.59. The Morgan fingerprint density at radius 1 is 1.08 bits per heavy atom. The summed E-state index contributed by atoms with van der Waals surface area (Å²) in [7, 11) is 0. The largest absolute Gasteiger partial charge is 0.503 e. The smallest absolute Gasteiger partial charge is 0.252 e. The Hall–Kier alpha value is -3.21. The Labute approximate surface area is 138 Å². The monoisotopic (exact) mass is 320 g/mol. The van der Waals surface area contributed by atoms with E-state index in [-0.39, 0.29) is 5.69 Å². The van der Waals surface area contributed by atoms with Crippen LogP contribution in [0.2, 0.25) is 0 Å². The summed E-state index contributed by atoms with van der Waals surface area (Å²) in [5.41, 5.74) is 2.06. The number of ketones is 1. The van der Waals surface area contributed by atoms with Gasteiger partial charge >= 0.3 is 0 Å². The summed E-state index contributed by atoms with van der Waals surface area (Å²) in [6, 6.07) is 17.7. The molecule has 0 fully saturated rings. The Kier molecular flexibility index (Phi) is 4.24. The first-order chi connectivity index (χ1) is 11.6. The van der Waals surface area contributed by atoms with E-state index in [0.717, 1.165) is 16.7 Å². The van der Waals surface area contributed by atoms with Gasteiger partial charge in [-0.3, -0.25) is 14.3 Å². The molecule has 24 heavy (non-hydrogen) atoms. The molecule has 5 nitrogen and oxygen atoms in total. The molecule has 1 aromatic heterocycles. The van der Waals surface area contributed by atoms with Crippen LogP contribution in [0, 0.1) is 0 Å². The van der Waals surface area contributed by atoms with Gasteiger partial charge in [0.25, 0.3) is 5.43 Å². The predicted octanol–water partition coefficient (Wildman–Crippen LogP) is 2.87. The quantitative estimate of drug-likeness (QED) is 0.750. The molecule has 1 heterocycles. The average Bonchev–Trinajstić information content (AvgIpc) is 2.59. The maximum atomic E-state index is 11.8. The summed E-state index contributed by atoms with van der Waals surface area (Å²) in [5.74, 6) is -0.951. The number of hydrogen-bond acceptors (Lipinski definition) is 4. The molecule has 0 atom stereocenters. The third-order valence-electron chi connectivity index (χ3n) is 3.72. The van der Waals surface area contributed by atoms with Gasteiger partial charge in [-0.15, -0.1) is 0 Å². The van der Waals surface area contributed by atoms with Crippen molar-refractivity contribution in [1.82, 2.24) is 9.78 Å². The lowest BCUT2D eigenvalue weighted by atomic mass is 10.00. The van der Waals surface area contributed by atoms with Crippen molar-refractivity contribution in [2.75, 3.05) is 0 Å². The molecule has 0 radical (unpaired) electrons. The molecule has 0 aliphatic rings. The van der Waals surface area contributed by atoms with Gasteiger partial charge in [-0.1, -0.05) is 54.6 Å². The Morgan fingerprint density at radius 2 is 1.75 bits per heavy atom. The van der Waals surface area contributed by atoms with Gasteiger partial charge in [0.05, 0.1) is 12.7 Å². The first-order valence-corrected chi connectivity index (χ1v) is 7.51. The summed E-state index contributed by atoms with van der Waals surface area (Å²) in [5, 5.41) is 13.8. The second-order valence-corrected chi connectivity index (χ2v) is 5.47. The van der Waals surface area contributed by atoms with E-state index in [0.29, 0.717) is 6.54 Å². The highest BCUT2D eigenvalue weighted by atomic mass is 16.3. The van der Waals surface area contributed by atoms with Crippen LogP contribution in [0.5, 0.6) is 5.75 Å². The molecule has 0 saturated heterocycles. The molecule has 3 rings (SSSR count). The van der Waals surface area contributed by atoms with Gasteiger partial charge in [-0.2, -0.15) is 5.10 Å². The molecule has 0 bridgehead atoms. The average molecular weight is 320 g/mol. The fraction of sp³-hybridized carbons (Fsp3) is 0.105. The topological polar surface area (TPSA) is 72.2 Å². The summed E-state index contributed by atoms with van der Waals surface area (Å²) in [4.78, 5) is 23.3. The number of aromatic hydroxyl groups is 1. The number of aromatic nitrogens is 2. The number of carbonyl (C=O) groups excluding carboxylic acids is 1. The molecule has 5 heteroatoms. The van der Waals surface area contributed by atoms with Crippen molar-refractivity contribution in [3.8, 4) is 16.9 Å². The Balaban J connectivity index is 2.05. The number of benzene rings is 2. The van der Waals surface area contributed by atoms with Crippen molar-refractivity contribution in [2.24, 2.45) is 0 Å². The van der Waals surface area contributed by atoms with Gasteiger partial charge in [0.2, 0.25) is 0 Å². The highest BCUT2D eigenvalue weighted by molar-refractivity contribution is 5.92. The Bertz CT molecular complexity index is 946. The molecule has 1 N–H and O–H groups in total. The van der Waals surface area contributed by atoms with Crippen molar-refractivity contribution >= 4 is 5.78 Å². The van der Waals surface area contributed by atoms with Crippen LogP contribution in [0.1, 0.15) is 23.0 Å². The molecule has 0 aliphatic carbocycles. The second-order valence-electron chi connectivity index (χ2n) is 5.47. The van der Waals surface area contributed by atoms with E-state index in [9.17, 15) is 14.7 Å². The number of Topliss-reactive ketones (excluding diaryl/α,β-unsaturated/α-hetero) is 1. The molecular weight excluding hydrogens is 304 g/mol. The lowest BCUT2D eigenvalue weighted by molar-refractivity contribution is 0.100.